The van der Waals surface area contributed by atoms with E-state index in [1.54, 1.807) is 0 Å². The Bertz CT molecular complexity index is 1010. The number of hydrogen-bond acceptors (Lipinski definition) is 2. The zero-order chi connectivity index (χ0) is 25.8. The first kappa shape index (κ1) is 27.8. The highest BCUT2D eigenvalue weighted by Gasteiger charge is 2.50. The van der Waals surface area contributed by atoms with E-state index >= 15 is 0 Å². The Morgan fingerprint density at radius 2 is 1.86 bits per heavy atom. The highest BCUT2D eigenvalue weighted by molar-refractivity contribution is 6.30. The van der Waals surface area contributed by atoms with Gasteiger partial charge in [0.15, 0.2) is 0 Å². The highest BCUT2D eigenvalue weighted by atomic mass is 35.5. The van der Waals surface area contributed by atoms with Gasteiger partial charge in [0, 0.05) is 22.0 Å². The molecule has 35 heavy (non-hydrogen) atoms. The summed E-state index contributed by atoms with van der Waals surface area (Å²) in [7, 11) is 0. The number of allylic oxidation sites excluding steroid dienone is 1. The van der Waals surface area contributed by atoms with E-state index in [4.69, 9.17) is 23.2 Å². The molecule has 1 aliphatic rings. The van der Waals surface area contributed by atoms with Crippen molar-refractivity contribution < 1.29 is 9.90 Å². The summed E-state index contributed by atoms with van der Waals surface area (Å²) in [4.78, 5) is 16.4. The monoisotopic (exact) mass is 515 g/mol. The van der Waals surface area contributed by atoms with Crippen molar-refractivity contribution in [3.8, 4) is 0 Å². The van der Waals surface area contributed by atoms with Crippen LogP contribution in [0.15, 0.2) is 61.2 Å². The van der Waals surface area contributed by atoms with Gasteiger partial charge < -0.3 is 10.0 Å². The van der Waals surface area contributed by atoms with Crippen LogP contribution in [0.3, 0.4) is 0 Å². The third kappa shape index (κ3) is 6.70. The zero-order valence-electron chi connectivity index (χ0n) is 21.4. The lowest BCUT2D eigenvalue weighted by Gasteiger charge is -2.52. The molecule has 0 radical (unpaired) electrons. The van der Waals surface area contributed by atoms with Crippen LogP contribution in [0.1, 0.15) is 89.3 Å². The van der Waals surface area contributed by atoms with E-state index in [9.17, 15) is 9.90 Å². The molecule has 190 valence electrons. The quantitative estimate of drug-likeness (QED) is 0.322. The molecule has 1 fully saturated rings. The smallest absolute Gasteiger partial charge is 0.229 e. The SMILES string of the molecule is C=CCC1(C)CC(c2cccc(Cl)c2)C(c2ccc(Cl)cc2)N(C(CC)CCCC(C)(C)O)C1=O. The standard InChI is InChI=1S/C30H39Cl2NO2/c1-6-17-30(5)20-26(22-10-8-11-24(32)19-22)27(21-13-15-23(31)16-14-21)33(28(30)34)25(7-2)12-9-18-29(3,4)35/h6,8,10-11,13-16,19,25-27,35H,1,7,9,12,17-18,20H2,2-5H3. The molecule has 0 aromatic heterocycles. The Hall–Kier alpha value is -1.81. The van der Waals surface area contributed by atoms with Gasteiger partial charge in [-0.25, -0.2) is 0 Å². The lowest BCUT2D eigenvalue weighted by Crippen LogP contribution is -2.55. The first-order valence-electron chi connectivity index (χ1n) is 12.7. The molecular weight excluding hydrogens is 477 g/mol. The Morgan fingerprint density at radius 1 is 1.17 bits per heavy atom. The molecule has 2 aromatic rings. The van der Waals surface area contributed by atoms with Crippen LogP contribution in [0.2, 0.25) is 10.0 Å². The van der Waals surface area contributed by atoms with Crippen LogP contribution >= 0.6 is 23.2 Å². The van der Waals surface area contributed by atoms with E-state index in [0.717, 1.165) is 30.4 Å². The molecule has 3 nitrogen and oxygen atoms in total. The predicted molar refractivity (Wildman–Crippen MR) is 147 cm³/mol. The molecule has 3 rings (SSSR count). The average molecular weight is 517 g/mol. The summed E-state index contributed by atoms with van der Waals surface area (Å²) in [5, 5.41) is 11.6. The van der Waals surface area contributed by atoms with Crippen molar-refractivity contribution in [2.24, 2.45) is 5.41 Å². The Labute approximate surface area is 221 Å². The Morgan fingerprint density at radius 3 is 2.43 bits per heavy atom. The maximum Gasteiger partial charge on any atom is 0.229 e. The van der Waals surface area contributed by atoms with E-state index < -0.39 is 11.0 Å². The molecule has 4 unspecified atom stereocenters. The summed E-state index contributed by atoms with van der Waals surface area (Å²) in [5.41, 5.74) is 0.938. The number of carbonyl (C=O) groups is 1. The summed E-state index contributed by atoms with van der Waals surface area (Å²) in [6.45, 7) is 11.9. The first-order valence-corrected chi connectivity index (χ1v) is 13.4. The second-order valence-electron chi connectivity index (χ2n) is 10.9. The van der Waals surface area contributed by atoms with Crippen molar-refractivity contribution in [1.82, 2.24) is 4.90 Å². The van der Waals surface area contributed by atoms with Gasteiger partial charge in [0.25, 0.3) is 0 Å². The lowest BCUT2D eigenvalue weighted by atomic mass is 9.67. The summed E-state index contributed by atoms with van der Waals surface area (Å²) in [6.07, 6.45) is 6.41. The van der Waals surface area contributed by atoms with Crippen molar-refractivity contribution >= 4 is 29.1 Å². The minimum atomic E-state index is -0.722. The number of amides is 1. The van der Waals surface area contributed by atoms with Gasteiger partial charge in [-0.15, -0.1) is 6.58 Å². The van der Waals surface area contributed by atoms with E-state index in [2.05, 4.69) is 31.4 Å². The molecule has 1 heterocycles. The molecule has 4 atom stereocenters. The number of benzene rings is 2. The highest BCUT2D eigenvalue weighted by Crippen LogP contribution is 2.52. The lowest BCUT2D eigenvalue weighted by molar-refractivity contribution is -0.155. The minimum absolute atomic E-state index is 0.0525. The molecule has 1 saturated heterocycles. The molecular formula is C30H39Cl2NO2. The second-order valence-corrected chi connectivity index (χ2v) is 11.8. The van der Waals surface area contributed by atoms with Crippen LogP contribution in [0.25, 0.3) is 0 Å². The number of piperidine rings is 1. The predicted octanol–water partition coefficient (Wildman–Crippen LogP) is 8.35. The second kappa shape index (κ2) is 11.5. The van der Waals surface area contributed by atoms with Crippen molar-refractivity contribution in [3.05, 3.63) is 82.4 Å². The van der Waals surface area contributed by atoms with Gasteiger partial charge >= 0.3 is 0 Å². The van der Waals surface area contributed by atoms with Gasteiger partial charge in [-0.2, -0.15) is 0 Å². The van der Waals surface area contributed by atoms with Gasteiger partial charge in [-0.05, 0) is 87.8 Å². The number of rotatable bonds is 10. The van der Waals surface area contributed by atoms with Gasteiger partial charge in [-0.1, -0.05) is 67.4 Å². The molecule has 0 saturated carbocycles. The average Bonchev–Trinajstić information content (AvgIpc) is 2.79. The molecule has 0 aliphatic carbocycles. The van der Waals surface area contributed by atoms with Crippen LogP contribution in [0.4, 0.5) is 0 Å². The van der Waals surface area contributed by atoms with Gasteiger partial charge in [-0.3, -0.25) is 4.79 Å². The number of halogens is 2. The third-order valence-electron chi connectivity index (χ3n) is 7.38. The van der Waals surface area contributed by atoms with Crippen molar-refractivity contribution in [2.45, 2.75) is 89.8 Å². The number of nitrogens with zero attached hydrogens (tertiary/aromatic N) is 1. The van der Waals surface area contributed by atoms with Gasteiger partial charge in [0.1, 0.15) is 0 Å². The maximum atomic E-state index is 14.3. The molecule has 2 aromatic carbocycles. The van der Waals surface area contributed by atoms with E-state index in [1.807, 2.05) is 62.4 Å². The fourth-order valence-corrected chi connectivity index (χ4v) is 5.92. The van der Waals surface area contributed by atoms with Crippen LogP contribution in [-0.4, -0.2) is 27.6 Å². The number of hydrogen-bond donors (Lipinski definition) is 1. The number of carbonyl (C=O) groups excluding carboxylic acids is 1. The van der Waals surface area contributed by atoms with Crippen LogP contribution in [0, 0.1) is 5.41 Å². The largest absolute Gasteiger partial charge is 0.390 e. The fourth-order valence-electron chi connectivity index (χ4n) is 5.60. The van der Waals surface area contributed by atoms with Gasteiger partial charge in [0.2, 0.25) is 5.91 Å². The van der Waals surface area contributed by atoms with Crippen LogP contribution in [-0.2, 0) is 4.79 Å². The van der Waals surface area contributed by atoms with Crippen molar-refractivity contribution in [3.63, 3.8) is 0 Å². The Kier molecular flexibility index (Phi) is 9.12. The molecule has 5 heteroatoms. The van der Waals surface area contributed by atoms with Crippen LogP contribution in [0.5, 0.6) is 0 Å². The van der Waals surface area contributed by atoms with E-state index in [0.29, 0.717) is 29.3 Å². The molecule has 0 spiro atoms. The molecule has 0 bridgehead atoms. The number of aliphatic hydroxyl groups is 1. The van der Waals surface area contributed by atoms with Crippen LogP contribution < -0.4 is 0 Å². The Balaban J connectivity index is 2.13. The van der Waals surface area contributed by atoms with Crippen molar-refractivity contribution in [2.75, 3.05) is 0 Å². The topological polar surface area (TPSA) is 40.5 Å². The van der Waals surface area contributed by atoms with E-state index in [-0.39, 0.29) is 23.9 Å². The molecule has 1 aliphatic heterocycles. The maximum absolute atomic E-state index is 14.3. The normalized spacial score (nSPS) is 23.9. The van der Waals surface area contributed by atoms with Gasteiger partial charge in [0.05, 0.1) is 17.1 Å². The summed E-state index contributed by atoms with van der Waals surface area (Å²) in [5.74, 6) is 0.242. The minimum Gasteiger partial charge on any atom is -0.390 e. The van der Waals surface area contributed by atoms with Crippen molar-refractivity contribution in [1.29, 1.82) is 0 Å². The molecule has 1 amide bonds. The summed E-state index contributed by atoms with van der Waals surface area (Å²) < 4.78 is 0. The number of likely N-dealkylation sites (tertiary alicyclic amines) is 1. The third-order valence-corrected chi connectivity index (χ3v) is 7.86. The summed E-state index contributed by atoms with van der Waals surface area (Å²) >= 11 is 12.7. The first-order chi connectivity index (χ1) is 16.5. The molecule has 1 N–H and O–H groups in total. The fraction of sp³-hybridized carbons (Fsp3) is 0.500. The van der Waals surface area contributed by atoms with E-state index in [1.165, 1.54) is 0 Å². The summed E-state index contributed by atoms with van der Waals surface area (Å²) in [6, 6.07) is 15.9. The zero-order valence-corrected chi connectivity index (χ0v) is 22.9.